The maximum atomic E-state index is 12.6. The van der Waals surface area contributed by atoms with E-state index in [1.807, 2.05) is 32.9 Å². The van der Waals surface area contributed by atoms with Crippen molar-refractivity contribution in [2.75, 3.05) is 26.2 Å². The summed E-state index contributed by atoms with van der Waals surface area (Å²) in [6.45, 7) is 5.66. The zero-order valence-corrected chi connectivity index (χ0v) is 19.2. The molecule has 0 aliphatic rings. The smallest absolute Gasteiger partial charge is 0.309 e. The first-order chi connectivity index (χ1) is 14.1. The highest BCUT2D eigenvalue weighted by molar-refractivity contribution is 7.79. The van der Waals surface area contributed by atoms with E-state index >= 15 is 0 Å². The van der Waals surface area contributed by atoms with Crippen LogP contribution in [0.4, 0.5) is 5.69 Å². The predicted octanol–water partition coefficient (Wildman–Crippen LogP) is 4.64. The third-order valence-electron chi connectivity index (χ3n) is 4.57. The van der Waals surface area contributed by atoms with E-state index in [4.69, 9.17) is 14.2 Å². The first kappa shape index (κ1) is 23.6. The third-order valence-corrected chi connectivity index (χ3v) is 4.91. The van der Waals surface area contributed by atoms with Crippen molar-refractivity contribution in [2.24, 2.45) is 5.41 Å². The van der Waals surface area contributed by atoms with Gasteiger partial charge in [0.05, 0.1) is 20.6 Å². The van der Waals surface area contributed by atoms with E-state index in [9.17, 15) is 9.59 Å². The average molecular weight is 432 g/mol. The van der Waals surface area contributed by atoms with Crippen LogP contribution in [0.25, 0.3) is 0 Å². The minimum absolute atomic E-state index is 0.0125. The lowest BCUT2D eigenvalue weighted by Gasteiger charge is -2.26. The first-order valence-corrected chi connectivity index (χ1v) is 10.2. The van der Waals surface area contributed by atoms with Crippen molar-refractivity contribution in [3.05, 3.63) is 47.5 Å². The van der Waals surface area contributed by atoms with Gasteiger partial charge in [0.1, 0.15) is 5.75 Å². The molecule has 1 amide bonds. The van der Waals surface area contributed by atoms with Crippen molar-refractivity contribution in [1.82, 2.24) is 0 Å². The molecule has 0 unspecified atom stereocenters. The Morgan fingerprint density at radius 1 is 1.00 bits per heavy atom. The van der Waals surface area contributed by atoms with Gasteiger partial charge in [-0.15, -0.1) is 0 Å². The second-order valence-electron chi connectivity index (χ2n) is 7.90. The van der Waals surface area contributed by atoms with Crippen molar-refractivity contribution < 1.29 is 23.8 Å². The van der Waals surface area contributed by atoms with E-state index in [0.29, 0.717) is 23.0 Å². The van der Waals surface area contributed by atoms with Gasteiger partial charge in [-0.05, 0) is 35.9 Å². The Labute approximate surface area is 183 Å². The van der Waals surface area contributed by atoms with Gasteiger partial charge in [0.15, 0.2) is 11.5 Å². The number of ether oxygens (including phenoxy) is 3. The van der Waals surface area contributed by atoms with Gasteiger partial charge < -0.3 is 19.1 Å². The Morgan fingerprint density at radius 3 is 2.23 bits per heavy atom. The third kappa shape index (κ3) is 5.69. The lowest BCUT2D eigenvalue weighted by atomic mass is 9.94. The van der Waals surface area contributed by atoms with Crippen LogP contribution in [-0.2, 0) is 26.5 Å². The Bertz CT molecular complexity index is 920. The van der Waals surface area contributed by atoms with Crippen LogP contribution in [0.1, 0.15) is 31.9 Å². The number of rotatable bonds is 7. The second kappa shape index (κ2) is 9.89. The molecule has 0 fully saturated rings. The van der Waals surface area contributed by atoms with Gasteiger partial charge in [-0.2, -0.15) is 12.6 Å². The number of thiol groups is 1. The number of nitrogens with zero attached hydrogens (tertiary/aromatic N) is 1. The van der Waals surface area contributed by atoms with Gasteiger partial charge in [-0.3, -0.25) is 9.59 Å². The Balaban J connectivity index is 2.35. The van der Waals surface area contributed by atoms with Gasteiger partial charge in [-0.1, -0.05) is 26.8 Å². The highest BCUT2D eigenvalue weighted by Gasteiger charge is 2.26. The van der Waals surface area contributed by atoms with Crippen molar-refractivity contribution in [1.29, 1.82) is 0 Å². The molecule has 0 spiro atoms. The average Bonchev–Trinajstić information content (AvgIpc) is 2.72. The van der Waals surface area contributed by atoms with E-state index in [0.717, 1.165) is 16.8 Å². The van der Waals surface area contributed by atoms with Gasteiger partial charge in [0.2, 0.25) is 5.91 Å². The molecule has 0 aliphatic heterocycles. The lowest BCUT2D eigenvalue weighted by Crippen LogP contribution is -2.36. The minimum atomic E-state index is -0.488. The summed E-state index contributed by atoms with van der Waals surface area (Å²) >= 11 is 4.42. The largest absolute Gasteiger partial charge is 0.493 e. The standard InChI is InChI=1S/C23H29NO5S/c1-23(2,3)22(26)24(4)17-8-10-18(16(13-17)14-30)29-20-11-15(12-21(25)28-6)7-9-19(20)27-5/h7-11,13,30H,12,14H2,1-6H3. The predicted molar refractivity (Wildman–Crippen MR) is 121 cm³/mol. The maximum absolute atomic E-state index is 12.6. The number of anilines is 1. The van der Waals surface area contributed by atoms with Crippen LogP contribution in [0.15, 0.2) is 36.4 Å². The van der Waals surface area contributed by atoms with E-state index in [-0.39, 0.29) is 18.3 Å². The number of esters is 1. The van der Waals surface area contributed by atoms with Crippen LogP contribution in [0.2, 0.25) is 0 Å². The second-order valence-corrected chi connectivity index (χ2v) is 8.22. The fraction of sp³-hybridized carbons (Fsp3) is 0.391. The minimum Gasteiger partial charge on any atom is -0.493 e. The summed E-state index contributed by atoms with van der Waals surface area (Å²) in [6, 6.07) is 10.8. The van der Waals surface area contributed by atoms with E-state index < -0.39 is 5.41 Å². The topological polar surface area (TPSA) is 65.1 Å². The monoisotopic (exact) mass is 431 g/mol. The summed E-state index contributed by atoms with van der Waals surface area (Å²) in [7, 11) is 4.66. The number of carbonyl (C=O) groups excluding carboxylic acids is 2. The molecule has 7 heteroatoms. The van der Waals surface area contributed by atoms with Gasteiger partial charge in [0, 0.05) is 29.5 Å². The summed E-state index contributed by atoms with van der Waals surface area (Å²) in [6.07, 6.45) is 0.134. The molecule has 30 heavy (non-hydrogen) atoms. The van der Waals surface area contributed by atoms with E-state index in [1.54, 1.807) is 43.3 Å². The molecule has 2 rings (SSSR count). The summed E-state index contributed by atoms with van der Waals surface area (Å²) in [4.78, 5) is 25.8. The molecule has 0 aliphatic carbocycles. The number of amides is 1. The van der Waals surface area contributed by atoms with Crippen LogP contribution >= 0.6 is 12.6 Å². The summed E-state index contributed by atoms with van der Waals surface area (Å²) in [5.74, 6) is 1.72. The molecule has 0 bridgehead atoms. The molecule has 0 aromatic heterocycles. The van der Waals surface area contributed by atoms with Crippen LogP contribution in [0.3, 0.4) is 0 Å². The lowest BCUT2D eigenvalue weighted by molar-refractivity contribution is -0.139. The molecule has 6 nitrogen and oxygen atoms in total. The molecule has 162 valence electrons. The molecule has 0 atom stereocenters. The fourth-order valence-electron chi connectivity index (χ4n) is 2.89. The number of benzene rings is 2. The number of hydrogen-bond acceptors (Lipinski definition) is 6. The maximum Gasteiger partial charge on any atom is 0.309 e. The highest BCUT2D eigenvalue weighted by Crippen LogP contribution is 2.36. The first-order valence-electron chi connectivity index (χ1n) is 9.54. The van der Waals surface area contributed by atoms with Gasteiger partial charge in [-0.25, -0.2) is 0 Å². The van der Waals surface area contributed by atoms with Crippen molar-refractivity contribution >= 4 is 30.2 Å². The van der Waals surface area contributed by atoms with Crippen LogP contribution in [0.5, 0.6) is 17.2 Å². The van der Waals surface area contributed by atoms with E-state index in [1.165, 1.54) is 7.11 Å². The Kier molecular flexibility index (Phi) is 7.78. The fourth-order valence-corrected chi connectivity index (χ4v) is 3.13. The van der Waals surface area contributed by atoms with Crippen molar-refractivity contribution in [2.45, 2.75) is 32.9 Å². The molecular weight excluding hydrogens is 402 g/mol. The number of hydrogen-bond donors (Lipinski definition) is 1. The molecule has 0 radical (unpaired) electrons. The molecule has 0 saturated carbocycles. The van der Waals surface area contributed by atoms with Crippen LogP contribution in [0, 0.1) is 5.41 Å². The molecule has 0 saturated heterocycles. The van der Waals surface area contributed by atoms with Gasteiger partial charge in [0.25, 0.3) is 0 Å². The molecule has 0 N–H and O–H groups in total. The number of methoxy groups -OCH3 is 2. The van der Waals surface area contributed by atoms with Gasteiger partial charge >= 0.3 is 5.97 Å². The Morgan fingerprint density at radius 2 is 1.67 bits per heavy atom. The molecule has 0 heterocycles. The SMILES string of the molecule is COC(=O)Cc1ccc(OC)c(Oc2ccc(N(C)C(=O)C(C)(C)C)cc2CS)c1. The molecule has 2 aromatic rings. The van der Waals surface area contributed by atoms with E-state index in [2.05, 4.69) is 12.6 Å². The van der Waals surface area contributed by atoms with Crippen LogP contribution in [-0.4, -0.2) is 33.1 Å². The molecular formula is C23H29NO5S. The highest BCUT2D eigenvalue weighted by atomic mass is 32.1. The zero-order valence-electron chi connectivity index (χ0n) is 18.3. The summed E-state index contributed by atoms with van der Waals surface area (Å²) in [5.41, 5.74) is 1.85. The zero-order chi connectivity index (χ0) is 22.5. The van der Waals surface area contributed by atoms with Crippen LogP contribution < -0.4 is 14.4 Å². The summed E-state index contributed by atoms with van der Waals surface area (Å²) in [5, 5.41) is 0. The number of carbonyl (C=O) groups is 2. The van der Waals surface area contributed by atoms with Crippen molar-refractivity contribution in [3.63, 3.8) is 0 Å². The molecule has 2 aromatic carbocycles. The normalized spacial score (nSPS) is 11.0. The Hall–Kier alpha value is -2.67. The summed E-state index contributed by atoms with van der Waals surface area (Å²) < 4.78 is 16.2. The van der Waals surface area contributed by atoms with Crippen molar-refractivity contribution in [3.8, 4) is 17.2 Å². The quantitative estimate of drug-likeness (QED) is 0.511.